The second-order valence-electron chi connectivity index (χ2n) is 4.88. The summed E-state index contributed by atoms with van der Waals surface area (Å²) in [4.78, 5) is 17.6. The summed E-state index contributed by atoms with van der Waals surface area (Å²) in [5, 5.41) is 13.7. The van der Waals surface area contributed by atoms with Crippen LogP contribution in [0.25, 0.3) is 4.96 Å². The van der Waals surface area contributed by atoms with Crippen molar-refractivity contribution in [2.45, 2.75) is 6.54 Å². The number of rotatable bonds is 5. The Morgan fingerprint density at radius 2 is 2.30 bits per heavy atom. The van der Waals surface area contributed by atoms with E-state index in [4.69, 9.17) is 16.3 Å². The fraction of sp³-hybridized carbons (Fsp3) is 0.214. The molecule has 0 aliphatic rings. The largest absolute Gasteiger partial charge is 0.496 e. The van der Waals surface area contributed by atoms with E-state index in [1.165, 1.54) is 15.7 Å². The molecule has 0 saturated carbocycles. The van der Waals surface area contributed by atoms with E-state index in [1.807, 2.05) is 0 Å². The molecule has 2 aromatic heterocycles. The highest BCUT2D eigenvalue weighted by Crippen LogP contribution is 2.32. The lowest BCUT2D eigenvalue weighted by Crippen LogP contribution is -2.18. The van der Waals surface area contributed by atoms with Crippen LogP contribution in [0.1, 0.15) is 5.56 Å². The maximum Gasteiger partial charge on any atom is 0.373 e. The van der Waals surface area contributed by atoms with E-state index in [0.717, 1.165) is 5.56 Å². The molecule has 0 fully saturated rings. The summed E-state index contributed by atoms with van der Waals surface area (Å²) >= 11 is 7.38. The number of fused-ring (bicyclic) bond motifs is 1. The van der Waals surface area contributed by atoms with Crippen LogP contribution in [-0.2, 0) is 6.54 Å². The van der Waals surface area contributed by atoms with Gasteiger partial charge in [0.05, 0.1) is 7.11 Å². The second kappa shape index (κ2) is 6.05. The molecule has 0 aliphatic carbocycles. The van der Waals surface area contributed by atoms with Crippen molar-refractivity contribution < 1.29 is 9.66 Å². The molecule has 7 nitrogen and oxygen atoms in total. The molecule has 120 valence electrons. The van der Waals surface area contributed by atoms with Gasteiger partial charge in [0.1, 0.15) is 11.9 Å². The summed E-state index contributed by atoms with van der Waals surface area (Å²) in [5.74, 6) is 0.929. The Balaban J connectivity index is 1.99. The molecule has 0 saturated heterocycles. The first-order valence-electron chi connectivity index (χ1n) is 6.64. The molecular formula is C14H13ClN4O3S. The minimum Gasteiger partial charge on any atom is -0.496 e. The summed E-state index contributed by atoms with van der Waals surface area (Å²) in [6.07, 6.45) is 1.64. The molecule has 9 heteroatoms. The minimum absolute atomic E-state index is 0.0512. The normalized spacial score (nSPS) is 10.9. The predicted octanol–water partition coefficient (Wildman–Crippen LogP) is 3.60. The minimum atomic E-state index is -0.423. The molecule has 0 unspecified atom stereocenters. The number of hydrogen-bond acceptors (Lipinski definition) is 6. The van der Waals surface area contributed by atoms with Gasteiger partial charge in [0.25, 0.3) is 4.96 Å². The van der Waals surface area contributed by atoms with Crippen LogP contribution in [0, 0.1) is 10.1 Å². The molecular weight excluding hydrogens is 340 g/mol. The molecule has 0 amide bonds. The van der Waals surface area contributed by atoms with Crippen LogP contribution >= 0.6 is 22.9 Å². The monoisotopic (exact) mass is 352 g/mol. The van der Waals surface area contributed by atoms with Crippen LogP contribution < -0.4 is 9.64 Å². The smallest absolute Gasteiger partial charge is 0.373 e. The number of thiazole rings is 1. The van der Waals surface area contributed by atoms with Crippen molar-refractivity contribution in [2.75, 3.05) is 19.1 Å². The zero-order chi connectivity index (χ0) is 16.6. The van der Waals surface area contributed by atoms with Gasteiger partial charge in [-0.2, -0.15) is 9.38 Å². The van der Waals surface area contributed by atoms with Crippen LogP contribution in [0.15, 0.2) is 29.8 Å². The average Bonchev–Trinajstić information content (AvgIpc) is 3.07. The third-order valence-electron chi connectivity index (χ3n) is 3.40. The number of nitrogens with zero attached hydrogens (tertiary/aromatic N) is 4. The van der Waals surface area contributed by atoms with Crippen LogP contribution in [0.3, 0.4) is 0 Å². The highest BCUT2D eigenvalue weighted by molar-refractivity contribution is 7.15. The maximum absolute atomic E-state index is 11.4. The number of ether oxygens (including phenoxy) is 1. The van der Waals surface area contributed by atoms with Crippen molar-refractivity contribution in [3.63, 3.8) is 0 Å². The number of imidazole rings is 1. The van der Waals surface area contributed by atoms with Crippen LogP contribution in [-0.4, -0.2) is 28.5 Å². The van der Waals surface area contributed by atoms with Crippen molar-refractivity contribution >= 4 is 39.5 Å². The van der Waals surface area contributed by atoms with Crippen molar-refractivity contribution in [1.82, 2.24) is 9.38 Å². The molecule has 23 heavy (non-hydrogen) atoms. The summed E-state index contributed by atoms with van der Waals surface area (Å²) < 4.78 is 6.79. The Bertz CT molecular complexity index is 876. The molecule has 1 aromatic carbocycles. The van der Waals surface area contributed by atoms with Gasteiger partial charge in [-0.25, -0.2) is 0 Å². The Morgan fingerprint density at radius 1 is 1.52 bits per heavy atom. The molecule has 0 N–H and O–H groups in total. The number of methoxy groups -OCH3 is 1. The van der Waals surface area contributed by atoms with Crippen molar-refractivity contribution in [2.24, 2.45) is 0 Å². The molecule has 3 rings (SSSR count). The van der Waals surface area contributed by atoms with Gasteiger partial charge in [-0.1, -0.05) is 22.9 Å². The first-order chi connectivity index (χ1) is 11.0. The highest BCUT2D eigenvalue weighted by atomic mass is 35.5. The van der Waals surface area contributed by atoms with Gasteiger partial charge >= 0.3 is 5.82 Å². The van der Waals surface area contributed by atoms with Gasteiger partial charge in [-0.15, -0.1) is 0 Å². The number of aromatic nitrogens is 2. The number of anilines is 1. The van der Waals surface area contributed by atoms with Crippen molar-refractivity contribution in [3.8, 4) is 5.75 Å². The lowest BCUT2D eigenvalue weighted by Gasteiger charge is -2.18. The van der Waals surface area contributed by atoms with E-state index in [2.05, 4.69) is 4.98 Å². The van der Waals surface area contributed by atoms with Crippen LogP contribution in [0.5, 0.6) is 5.75 Å². The van der Waals surface area contributed by atoms with Gasteiger partial charge in [0.15, 0.2) is 0 Å². The zero-order valence-electron chi connectivity index (χ0n) is 12.4. The zero-order valence-corrected chi connectivity index (χ0v) is 14.0. The maximum atomic E-state index is 11.4. The summed E-state index contributed by atoms with van der Waals surface area (Å²) in [5.41, 5.74) is 0.827. The second-order valence-corrected chi connectivity index (χ2v) is 6.19. The highest BCUT2D eigenvalue weighted by Gasteiger charge is 2.26. The number of hydrogen-bond donors (Lipinski definition) is 0. The third-order valence-corrected chi connectivity index (χ3v) is 4.40. The fourth-order valence-electron chi connectivity index (χ4n) is 2.39. The molecule has 0 spiro atoms. The van der Waals surface area contributed by atoms with E-state index in [0.29, 0.717) is 28.1 Å². The van der Waals surface area contributed by atoms with E-state index in [1.54, 1.807) is 48.8 Å². The molecule has 0 radical (unpaired) electrons. The lowest BCUT2D eigenvalue weighted by molar-refractivity contribution is -0.389. The average molecular weight is 353 g/mol. The van der Waals surface area contributed by atoms with Gasteiger partial charge in [-0.3, -0.25) is 0 Å². The lowest BCUT2D eigenvalue weighted by atomic mass is 10.2. The molecule has 0 bridgehead atoms. The Labute approximate surface area is 140 Å². The van der Waals surface area contributed by atoms with E-state index < -0.39 is 4.92 Å². The van der Waals surface area contributed by atoms with Crippen LogP contribution in [0.4, 0.5) is 11.6 Å². The quantitative estimate of drug-likeness (QED) is 0.518. The topological polar surface area (TPSA) is 72.9 Å². The molecule has 0 aliphatic heterocycles. The first-order valence-corrected chi connectivity index (χ1v) is 7.90. The summed E-state index contributed by atoms with van der Waals surface area (Å²) in [7, 11) is 3.32. The van der Waals surface area contributed by atoms with E-state index in [9.17, 15) is 10.1 Å². The molecule has 3 aromatic rings. The Morgan fingerprint density at radius 3 is 3.00 bits per heavy atom. The predicted molar refractivity (Wildman–Crippen MR) is 89.8 cm³/mol. The van der Waals surface area contributed by atoms with Gasteiger partial charge < -0.3 is 19.8 Å². The standard InChI is InChI=1S/C14H13ClN4O3S/c1-17(8-9-7-10(15)3-4-11(9)22-2)12-13(19(20)21)18-5-6-23-14(18)16-12/h3-7H,8H2,1-2H3. The summed E-state index contributed by atoms with van der Waals surface area (Å²) in [6, 6.07) is 5.28. The van der Waals surface area contributed by atoms with Gasteiger partial charge in [0.2, 0.25) is 5.82 Å². The van der Waals surface area contributed by atoms with Crippen LogP contribution in [0.2, 0.25) is 5.02 Å². The number of benzene rings is 1. The number of halogens is 1. The first kappa shape index (κ1) is 15.6. The van der Waals surface area contributed by atoms with Gasteiger partial charge in [0, 0.05) is 29.6 Å². The van der Waals surface area contributed by atoms with E-state index >= 15 is 0 Å². The number of nitro groups is 1. The Kier molecular flexibility index (Phi) is 4.10. The third kappa shape index (κ3) is 2.82. The van der Waals surface area contributed by atoms with E-state index in [-0.39, 0.29) is 5.82 Å². The van der Waals surface area contributed by atoms with Gasteiger partial charge in [-0.05, 0) is 23.1 Å². The summed E-state index contributed by atoms with van der Waals surface area (Å²) in [6.45, 7) is 0.384. The molecule has 0 atom stereocenters. The van der Waals surface area contributed by atoms with Crippen molar-refractivity contribution in [1.29, 1.82) is 0 Å². The van der Waals surface area contributed by atoms with Crippen molar-refractivity contribution in [3.05, 3.63) is 50.5 Å². The Hall–Kier alpha value is -2.32. The SMILES string of the molecule is COc1ccc(Cl)cc1CN(C)c1nc2sccn2c1[N+](=O)[O-]. The molecule has 2 heterocycles. The fourth-order valence-corrected chi connectivity index (χ4v) is 3.29.